The van der Waals surface area contributed by atoms with Gasteiger partial charge in [0.2, 0.25) is 0 Å². The van der Waals surface area contributed by atoms with Crippen LogP contribution in [0.4, 0.5) is 5.82 Å². The summed E-state index contributed by atoms with van der Waals surface area (Å²) in [5.74, 6) is 2.96. The second kappa shape index (κ2) is 5.08. The lowest BCUT2D eigenvalue weighted by atomic mass is 9.78. The van der Waals surface area contributed by atoms with Crippen LogP contribution < -0.4 is 10.6 Å². The zero-order valence-corrected chi connectivity index (χ0v) is 11.9. The second-order valence-electron chi connectivity index (χ2n) is 6.38. The van der Waals surface area contributed by atoms with Crippen LogP contribution in [0.25, 0.3) is 0 Å². The van der Waals surface area contributed by atoms with Gasteiger partial charge in [0, 0.05) is 30.9 Å². The molecule has 4 nitrogen and oxygen atoms in total. The van der Waals surface area contributed by atoms with E-state index in [0.29, 0.717) is 17.9 Å². The standard InChI is InChI=1S/C15H24N4/c1-10(2)14-6-15(18-9-17-14)19-7-11-4-3-5-13(16)12(11)8-19/h6,9-13H,3-5,7-8,16H2,1-2H3. The quantitative estimate of drug-likeness (QED) is 0.885. The van der Waals surface area contributed by atoms with Crippen molar-refractivity contribution in [3.8, 4) is 0 Å². The first-order chi connectivity index (χ1) is 9.15. The normalized spacial score (nSPS) is 30.7. The van der Waals surface area contributed by atoms with E-state index < -0.39 is 0 Å². The molecule has 2 aliphatic rings. The average Bonchev–Trinajstić information content (AvgIpc) is 2.84. The van der Waals surface area contributed by atoms with Crippen molar-refractivity contribution in [1.29, 1.82) is 0 Å². The zero-order chi connectivity index (χ0) is 13.4. The van der Waals surface area contributed by atoms with Crippen LogP contribution in [0.5, 0.6) is 0 Å². The molecule has 0 amide bonds. The summed E-state index contributed by atoms with van der Waals surface area (Å²) < 4.78 is 0. The topological polar surface area (TPSA) is 55.0 Å². The number of hydrogen-bond acceptors (Lipinski definition) is 4. The van der Waals surface area contributed by atoms with Gasteiger partial charge in [-0.2, -0.15) is 0 Å². The molecule has 0 spiro atoms. The number of anilines is 1. The number of rotatable bonds is 2. The number of fused-ring (bicyclic) bond motifs is 1. The highest BCUT2D eigenvalue weighted by Gasteiger charge is 2.39. The Morgan fingerprint density at radius 1 is 1.26 bits per heavy atom. The third-order valence-electron chi connectivity index (χ3n) is 4.74. The molecule has 2 N–H and O–H groups in total. The minimum absolute atomic E-state index is 0.384. The van der Waals surface area contributed by atoms with E-state index in [1.807, 2.05) is 0 Å². The Morgan fingerprint density at radius 2 is 2.11 bits per heavy atom. The van der Waals surface area contributed by atoms with Gasteiger partial charge < -0.3 is 10.6 Å². The monoisotopic (exact) mass is 260 g/mol. The summed E-state index contributed by atoms with van der Waals surface area (Å²) in [5, 5.41) is 0. The Kier molecular flexibility index (Phi) is 3.44. The fourth-order valence-electron chi connectivity index (χ4n) is 3.55. The van der Waals surface area contributed by atoms with Crippen molar-refractivity contribution in [1.82, 2.24) is 9.97 Å². The van der Waals surface area contributed by atoms with Gasteiger partial charge in [0.1, 0.15) is 12.1 Å². The molecule has 0 bridgehead atoms. The molecule has 3 unspecified atom stereocenters. The molecule has 3 atom stereocenters. The zero-order valence-electron chi connectivity index (χ0n) is 11.9. The van der Waals surface area contributed by atoms with Gasteiger partial charge in [0.05, 0.1) is 0 Å². The molecule has 1 aromatic rings. The molecular formula is C15H24N4. The molecule has 0 radical (unpaired) electrons. The van der Waals surface area contributed by atoms with Crippen molar-refractivity contribution in [3.63, 3.8) is 0 Å². The van der Waals surface area contributed by atoms with Crippen molar-refractivity contribution in [2.24, 2.45) is 17.6 Å². The summed E-state index contributed by atoms with van der Waals surface area (Å²) >= 11 is 0. The molecule has 4 heteroatoms. The van der Waals surface area contributed by atoms with Gasteiger partial charge >= 0.3 is 0 Å². The minimum atomic E-state index is 0.384. The van der Waals surface area contributed by atoms with Gasteiger partial charge in [-0.25, -0.2) is 9.97 Å². The molecule has 1 aliphatic heterocycles. The Bertz CT molecular complexity index is 446. The van der Waals surface area contributed by atoms with Crippen molar-refractivity contribution < 1.29 is 0 Å². The lowest BCUT2D eigenvalue weighted by Crippen LogP contribution is -2.38. The summed E-state index contributed by atoms with van der Waals surface area (Å²) in [6, 6.07) is 2.53. The molecule has 19 heavy (non-hydrogen) atoms. The summed E-state index contributed by atoms with van der Waals surface area (Å²) in [7, 11) is 0. The van der Waals surface area contributed by atoms with Gasteiger partial charge in [-0.3, -0.25) is 0 Å². The number of aromatic nitrogens is 2. The van der Waals surface area contributed by atoms with Gasteiger partial charge in [0.15, 0.2) is 0 Å². The van der Waals surface area contributed by atoms with Gasteiger partial charge in [-0.1, -0.05) is 20.3 Å². The van der Waals surface area contributed by atoms with Gasteiger partial charge in [-0.15, -0.1) is 0 Å². The lowest BCUT2D eigenvalue weighted by Gasteiger charge is -2.29. The maximum absolute atomic E-state index is 6.28. The van der Waals surface area contributed by atoms with Crippen LogP contribution in [0.2, 0.25) is 0 Å². The van der Waals surface area contributed by atoms with Crippen LogP contribution in [0.3, 0.4) is 0 Å². The number of nitrogens with zero attached hydrogens (tertiary/aromatic N) is 3. The average molecular weight is 260 g/mol. The van der Waals surface area contributed by atoms with Crippen LogP contribution >= 0.6 is 0 Å². The molecule has 1 aliphatic carbocycles. The number of nitrogens with two attached hydrogens (primary N) is 1. The minimum Gasteiger partial charge on any atom is -0.356 e. The predicted octanol–water partition coefficient (Wildman–Crippen LogP) is 2.16. The predicted molar refractivity (Wildman–Crippen MR) is 77.1 cm³/mol. The molecule has 2 fully saturated rings. The van der Waals surface area contributed by atoms with Crippen molar-refractivity contribution in [2.45, 2.75) is 45.1 Å². The fraction of sp³-hybridized carbons (Fsp3) is 0.733. The summed E-state index contributed by atoms with van der Waals surface area (Å²) in [5.41, 5.74) is 7.41. The van der Waals surface area contributed by atoms with E-state index in [9.17, 15) is 0 Å². The molecule has 3 rings (SSSR count). The SMILES string of the molecule is CC(C)c1cc(N2CC3CCCC(N)C3C2)ncn1. The van der Waals surface area contributed by atoms with E-state index in [4.69, 9.17) is 5.73 Å². The van der Waals surface area contributed by atoms with Gasteiger partial charge in [-0.05, 0) is 30.6 Å². The lowest BCUT2D eigenvalue weighted by molar-refractivity contribution is 0.260. The molecule has 1 aromatic heterocycles. The van der Waals surface area contributed by atoms with E-state index in [2.05, 4.69) is 34.8 Å². The molecular weight excluding hydrogens is 236 g/mol. The fourth-order valence-corrected chi connectivity index (χ4v) is 3.55. The Hall–Kier alpha value is -1.16. The van der Waals surface area contributed by atoms with E-state index >= 15 is 0 Å². The molecule has 1 saturated carbocycles. The Labute approximate surface area is 115 Å². The maximum Gasteiger partial charge on any atom is 0.132 e. The van der Waals surface area contributed by atoms with Crippen molar-refractivity contribution >= 4 is 5.82 Å². The smallest absolute Gasteiger partial charge is 0.132 e. The number of hydrogen-bond donors (Lipinski definition) is 1. The van der Waals surface area contributed by atoms with Crippen molar-refractivity contribution in [3.05, 3.63) is 18.1 Å². The Morgan fingerprint density at radius 3 is 2.84 bits per heavy atom. The summed E-state index contributed by atoms with van der Waals surface area (Å²) in [4.78, 5) is 11.2. The van der Waals surface area contributed by atoms with Crippen LogP contribution in [0.1, 0.15) is 44.7 Å². The second-order valence-corrected chi connectivity index (χ2v) is 6.38. The van der Waals surface area contributed by atoms with Gasteiger partial charge in [0.25, 0.3) is 0 Å². The van der Waals surface area contributed by atoms with E-state index in [1.54, 1.807) is 6.33 Å². The van der Waals surface area contributed by atoms with E-state index in [0.717, 1.165) is 30.5 Å². The summed E-state index contributed by atoms with van der Waals surface area (Å²) in [6.45, 7) is 6.53. The highest BCUT2D eigenvalue weighted by atomic mass is 15.2. The third-order valence-corrected chi connectivity index (χ3v) is 4.74. The van der Waals surface area contributed by atoms with Crippen LogP contribution in [0, 0.1) is 11.8 Å². The largest absolute Gasteiger partial charge is 0.356 e. The van der Waals surface area contributed by atoms with Crippen LogP contribution in [-0.4, -0.2) is 29.1 Å². The van der Waals surface area contributed by atoms with E-state index in [-0.39, 0.29) is 0 Å². The molecule has 0 aromatic carbocycles. The van der Waals surface area contributed by atoms with Crippen molar-refractivity contribution in [2.75, 3.05) is 18.0 Å². The first-order valence-electron chi connectivity index (χ1n) is 7.47. The Balaban J connectivity index is 1.78. The summed E-state index contributed by atoms with van der Waals surface area (Å²) in [6.07, 6.45) is 5.51. The van der Waals surface area contributed by atoms with Crippen LogP contribution in [-0.2, 0) is 0 Å². The maximum atomic E-state index is 6.28. The highest BCUT2D eigenvalue weighted by molar-refractivity contribution is 5.41. The van der Waals surface area contributed by atoms with Crippen LogP contribution in [0.15, 0.2) is 12.4 Å². The third kappa shape index (κ3) is 2.46. The molecule has 104 valence electrons. The first-order valence-corrected chi connectivity index (χ1v) is 7.47. The molecule has 1 saturated heterocycles. The first kappa shape index (κ1) is 12.9. The molecule has 2 heterocycles. The highest BCUT2D eigenvalue weighted by Crippen LogP contribution is 2.37. The van der Waals surface area contributed by atoms with E-state index in [1.165, 1.54) is 19.3 Å².